The molecule has 0 aliphatic heterocycles. The molecule has 1 aromatic rings. The van der Waals surface area contributed by atoms with E-state index < -0.39 is 0 Å². The summed E-state index contributed by atoms with van der Waals surface area (Å²) in [5, 5.41) is 0. The summed E-state index contributed by atoms with van der Waals surface area (Å²) in [6, 6.07) is 10.8. The maximum absolute atomic E-state index is 2.33. The summed E-state index contributed by atoms with van der Waals surface area (Å²) in [7, 11) is 0. The van der Waals surface area contributed by atoms with Crippen LogP contribution in [0.1, 0.15) is 24.8 Å². The van der Waals surface area contributed by atoms with Crippen molar-refractivity contribution < 1.29 is 0 Å². The summed E-state index contributed by atoms with van der Waals surface area (Å²) in [5.41, 5.74) is 1.46. The van der Waals surface area contributed by atoms with Crippen LogP contribution in [0.4, 0.5) is 0 Å². The molecule has 2 rings (SSSR count). The Labute approximate surface area is 73.9 Å². The number of hydrogen-bond acceptors (Lipinski definition) is 0. The second-order valence-corrected chi connectivity index (χ2v) is 3.58. The van der Waals surface area contributed by atoms with Gasteiger partial charge in [-0.1, -0.05) is 49.4 Å². The average molecular weight is 158 g/mol. The van der Waals surface area contributed by atoms with Gasteiger partial charge in [-0.05, 0) is 17.9 Å². The van der Waals surface area contributed by atoms with Crippen LogP contribution in [0.25, 0.3) is 0 Å². The maximum atomic E-state index is 2.33. The standard InChI is InChI=1S/C12H14/c1-10-6-5-9-12(10)11-7-3-2-4-8-11/h2-5,7-10,12H,6H2,1H3. The van der Waals surface area contributed by atoms with Gasteiger partial charge in [0.1, 0.15) is 0 Å². The molecule has 0 fully saturated rings. The Bertz CT molecular complexity index is 271. The van der Waals surface area contributed by atoms with Crippen molar-refractivity contribution >= 4 is 0 Å². The average Bonchev–Trinajstić information content (AvgIpc) is 2.53. The van der Waals surface area contributed by atoms with Gasteiger partial charge in [0.05, 0.1) is 0 Å². The van der Waals surface area contributed by atoms with Crippen LogP contribution in [-0.2, 0) is 0 Å². The molecule has 1 aliphatic carbocycles. The van der Waals surface area contributed by atoms with Crippen LogP contribution >= 0.6 is 0 Å². The first-order chi connectivity index (χ1) is 5.88. The van der Waals surface area contributed by atoms with E-state index in [4.69, 9.17) is 0 Å². The van der Waals surface area contributed by atoms with Gasteiger partial charge in [0.2, 0.25) is 0 Å². The van der Waals surface area contributed by atoms with Crippen LogP contribution in [0.3, 0.4) is 0 Å². The van der Waals surface area contributed by atoms with Crippen LogP contribution in [0.15, 0.2) is 42.5 Å². The Morgan fingerprint density at radius 1 is 1.17 bits per heavy atom. The quantitative estimate of drug-likeness (QED) is 0.550. The third kappa shape index (κ3) is 1.29. The summed E-state index contributed by atoms with van der Waals surface area (Å²) in [6.07, 6.45) is 5.86. The second-order valence-electron chi connectivity index (χ2n) is 3.58. The van der Waals surface area contributed by atoms with Gasteiger partial charge in [-0.3, -0.25) is 0 Å². The normalized spacial score (nSPS) is 27.8. The highest BCUT2D eigenvalue weighted by atomic mass is 14.2. The van der Waals surface area contributed by atoms with Crippen molar-refractivity contribution in [3.05, 3.63) is 48.0 Å². The van der Waals surface area contributed by atoms with Gasteiger partial charge in [0, 0.05) is 5.92 Å². The molecule has 0 saturated carbocycles. The summed E-state index contributed by atoms with van der Waals surface area (Å²) in [5.74, 6) is 1.44. The molecule has 0 N–H and O–H groups in total. The minimum Gasteiger partial charge on any atom is -0.0876 e. The van der Waals surface area contributed by atoms with E-state index in [1.54, 1.807) is 0 Å². The van der Waals surface area contributed by atoms with E-state index in [0.29, 0.717) is 5.92 Å². The van der Waals surface area contributed by atoms with Crippen molar-refractivity contribution in [1.29, 1.82) is 0 Å². The molecule has 0 saturated heterocycles. The molecule has 0 bridgehead atoms. The number of benzene rings is 1. The predicted octanol–water partition coefficient (Wildman–Crippen LogP) is 3.37. The highest BCUT2D eigenvalue weighted by Crippen LogP contribution is 2.33. The molecule has 0 nitrogen and oxygen atoms in total. The molecule has 0 heterocycles. The van der Waals surface area contributed by atoms with Crippen LogP contribution < -0.4 is 0 Å². The molecule has 1 aliphatic rings. The van der Waals surface area contributed by atoms with Crippen LogP contribution in [0.2, 0.25) is 0 Å². The lowest BCUT2D eigenvalue weighted by molar-refractivity contribution is 0.564. The van der Waals surface area contributed by atoms with E-state index in [0.717, 1.165) is 5.92 Å². The Kier molecular flexibility index (Phi) is 1.99. The molecule has 0 amide bonds. The van der Waals surface area contributed by atoms with E-state index >= 15 is 0 Å². The fourth-order valence-corrected chi connectivity index (χ4v) is 1.89. The lowest BCUT2D eigenvalue weighted by Crippen LogP contribution is -2.01. The Morgan fingerprint density at radius 3 is 2.50 bits per heavy atom. The first-order valence-electron chi connectivity index (χ1n) is 4.59. The summed E-state index contributed by atoms with van der Waals surface area (Å²) in [6.45, 7) is 2.32. The minimum absolute atomic E-state index is 0.659. The van der Waals surface area contributed by atoms with Gasteiger partial charge >= 0.3 is 0 Å². The van der Waals surface area contributed by atoms with Gasteiger partial charge in [-0.25, -0.2) is 0 Å². The highest BCUT2D eigenvalue weighted by molar-refractivity contribution is 5.27. The van der Waals surface area contributed by atoms with Gasteiger partial charge in [-0.15, -0.1) is 0 Å². The third-order valence-corrected chi connectivity index (χ3v) is 2.65. The largest absolute Gasteiger partial charge is 0.0876 e. The van der Waals surface area contributed by atoms with Crippen molar-refractivity contribution in [2.24, 2.45) is 5.92 Å². The molecular weight excluding hydrogens is 144 g/mol. The fourth-order valence-electron chi connectivity index (χ4n) is 1.89. The number of rotatable bonds is 1. The van der Waals surface area contributed by atoms with E-state index in [2.05, 4.69) is 49.4 Å². The van der Waals surface area contributed by atoms with E-state index in [-0.39, 0.29) is 0 Å². The predicted molar refractivity (Wildman–Crippen MR) is 52.1 cm³/mol. The lowest BCUT2D eigenvalue weighted by Gasteiger charge is -2.14. The SMILES string of the molecule is CC1CC=CC1c1ccccc1. The molecule has 0 aromatic heterocycles. The van der Waals surface area contributed by atoms with Gasteiger partial charge in [0.15, 0.2) is 0 Å². The lowest BCUT2D eigenvalue weighted by atomic mass is 9.90. The zero-order valence-electron chi connectivity index (χ0n) is 7.40. The van der Waals surface area contributed by atoms with Crippen molar-refractivity contribution in [3.8, 4) is 0 Å². The van der Waals surface area contributed by atoms with Crippen LogP contribution in [0.5, 0.6) is 0 Å². The molecule has 0 spiro atoms. The Hall–Kier alpha value is -1.04. The smallest absolute Gasteiger partial charge is 0.00465 e. The fraction of sp³-hybridized carbons (Fsp3) is 0.333. The van der Waals surface area contributed by atoms with Crippen LogP contribution in [-0.4, -0.2) is 0 Å². The monoisotopic (exact) mass is 158 g/mol. The first-order valence-corrected chi connectivity index (χ1v) is 4.59. The Morgan fingerprint density at radius 2 is 1.92 bits per heavy atom. The molecule has 0 heteroatoms. The van der Waals surface area contributed by atoms with Crippen molar-refractivity contribution in [1.82, 2.24) is 0 Å². The Balaban J connectivity index is 2.25. The zero-order chi connectivity index (χ0) is 8.39. The molecule has 1 aromatic carbocycles. The van der Waals surface area contributed by atoms with Gasteiger partial charge < -0.3 is 0 Å². The molecule has 2 atom stereocenters. The van der Waals surface area contributed by atoms with Gasteiger partial charge in [0.25, 0.3) is 0 Å². The summed E-state index contributed by atoms with van der Waals surface area (Å²) >= 11 is 0. The van der Waals surface area contributed by atoms with E-state index in [1.165, 1.54) is 12.0 Å². The maximum Gasteiger partial charge on any atom is 0.00465 e. The molecule has 2 unspecified atom stereocenters. The third-order valence-electron chi connectivity index (χ3n) is 2.65. The topological polar surface area (TPSA) is 0 Å². The van der Waals surface area contributed by atoms with Crippen molar-refractivity contribution in [2.75, 3.05) is 0 Å². The molecule has 0 radical (unpaired) electrons. The second kappa shape index (κ2) is 3.14. The minimum atomic E-state index is 0.659. The van der Waals surface area contributed by atoms with Crippen molar-refractivity contribution in [2.45, 2.75) is 19.3 Å². The molecule has 62 valence electrons. The van der Waals surface area contributed by atoms with E-state index in [9.17, 15) is 0 Å². The molecule has 12 heavy (non-hydrogen) atoms. The summed E-state index contributed by atoms with van der Waals surface area (Å²) < 4.78 is 0. The van der Waals surface area contributed by atoms with Gasteiger partial charge in [-0.2, -0.15) is 0 Å². The number of allylic oxidation sites excluding steroid dienone is 2. The highest BCUT2D eigenvalue weighted by Gasteiger charge is 2.19. The first kappa shape index (κ1) is 7.60. The number of hydrogen-bond donors (Lipinski definition) is 0. The van der Waals surface area contributed by atoms with Crippen LogP contribution in [0, 0.1) is 5.92 Å². The van der Waals surface area contributed by atoms with E-state index in [1.807, 2.05) is 0 Å². The zero-order valence-corrected chi connectivity index (χ0v) is 7.40. The summed E-state index contributed by atoms with van der Waals surface area (Å²) in [4.78, 5) is 0. The molecular formula is C12H14. The van der Waals surface area contributed by atoms with Crippen molar-refractivity contribution in [3.63, 3.8) is 0 Å².